The summed E-state index contributed by atoms with van der Waals surface area (Å²) in [7, 11) is 1.64. The minimum absolute atomic E-state index is 0.327. The van der Waals surface area contributed by atoms with Crippen molar-refractivity contribution in [3.63, 3.8) is 0 Å². The zero-order valence-corrected chi connectivity index (χ0v) is 12.7. The minimum atomic E-state index is -0.327. The molecule has 0 bridgehead atoms. The molecule has 0 atom stereocenters. The van der Waals surface area contributed by atoms with Crippen molar-refractivity contribution in [2.45, 2.75) is 6.42 Å². The molecule has 20 heavy (non-hydrogen) atoms. The topological polar surface area (TPSA) is 47.3 Å². The Morgan fingerprint density at radius 1 is 1.25 bits per heavy atom. The van der Waals surface area contributed by atoms with Crippen molar-refractivity contribution in [3.8, 4) is 5.75 Å². The molecule has 0 aliphatic rings. The third kappa shape index (κ3) is 3.63. The van der Waals surface area contributed by atoms with E-state index in [1.165, 1.54) is 17.7 Å². The zero-order valence-electron chi connectivity index (χ0n) is 11.1. The van der Waals surface area contributed by atoms with Crippen LogP contribution in [0.15, 0.2) is 40.9 Å². The maximum atomic E-state index is 12.9. The van der Waals surface area contributed by atoms with Crippen LogP contribution in [0.2, 0.25) is 0 Å². The van der Waals surface area contributed by atoms with E-state index >= 15 is 0 Å². The fraction of sp³-hybridized carbons (Fsp3) is 0.200. The van der Waals surface area contributed by atoms with E-state index in [9.17, 15) is 4.39 Å². The molecule has 0 fully saturated rings. The molecule has 2 aromatic carbocycles. The summed E-state index contributed by atoms with van der Waals surface area (Å²) in [6, 6.07) is 10.3. The van der Waals surface area contributed by atoms with Crippen molar-refractivity contribution in [1.29, 1.82) is 0 Å². The molecule has 5 heteroatoms. The smallest absolute Gasteiger partial charge is 0.133 e. The summed E-state index contributed by atoms with van der Waals surface area (Å²) in [4.78, 5) is 0. The van der Waals surface area contributed by atoms with Gasteiger partial charge in [-0.05, 0) is 58.2 Å². The first kappa shape index (κ1) is 14.7. The minimum Gasteiger partial charge on any atom is -0.496 e. The van der Waals surface area contributed by atoms with Gasteiger partial charge in [0, 0.05) is 6.54 Å². The molecule has 0 aromatic heterocycles. The Balaban J connectivity index is 1.94. The Bertz CT molecular complexity index is 604. The van der Waals surface area contributed by atoms with E-state index in [1.54, 1.807) is 13.2 Å². The third-order valence-electron chi connectivity index (χ3n) is 2.96. The predicted octanol–water partition coefficient (Wildman–Crippen LogP) is 3.83. The quantitative estimate of drug-likeness (QED) is 0.814. The van der Waals surface area contributed by atoms with Crippen LogP contribution in [-0.2, 0) is 6.42 Å². The van der Waals surface area contributed by atoms with E-state index in [0.717, 1.165) is 22.3 Å². The number of rotatable bonds is 5. The number of benzene rings is 2. The van der Waals surface area contributed by atoms with E-state index in [0.29, 0.717) is 12.2 Å². The maximum Gasteiger partial charge on any atom is 0.133 e. The van der Waals surface area contributed by atoms with Crippen molar-refractivity contribution in [2.24, 2.45) is 0 Å². The molecular weight excluding hydrogens is 323 g/mol. The van der Waals surface area contributed by atoms with Gasteiger partial charge in [-0.15, -0.1) is 0 Å². The second-order valence-electron chi connectivity index (χ2n) is 4.38. The largest absolute Gasteiger partial charge is 0.496 e. The lowest BCUT2D eigenvalue weighted by Gasteiger charge is -2.10. The van der Waals surface area contributed by atoms with Crippen LogP contribution >= 0.6 is 15.9 Å². The number of hydrogen-bond donors (Lipinski definition) is 2. The molecule has 2 rings (SSSR count). The van der Waals surface area contributed by atoms with Crippen LogP contribution < -0.4 is 15.8 Å². The molecule has 0 unspecified atom stereocenters. The Morgan fingerprint density at radius 2 is 2.05 bits per heavy atom. The van der Waals surface area contributed by atoms with Crippen molar-refractivity contribution >= 4 is 27.3 Å². The SMILES string of the molecule is COc1ccc(CCNc2ccc(F)cc2N)cc1Br. The van der Waals surface area contributed by atoms with Crippen LogP contribution in [0.25, 0.3) is 0 Å². The van der Waals surface area contributed by atoms with E-state index in [2.05, 4.69) is 21.2 Å². The molecule has 0 saturated carbocycles. The standard InChI is InChI=1S/C15H16BrFN2O/c1-20-15-5-2-10(8-12(15)16)6-7-19-14-4-3-11(17)9-13(14)18/h2-5,8-9,19H,6-7,18H2,1H3. The molecule has 3 nitrogen and oxygen atoms in total. The van der Waals surface area contributed by atoms with Gasteiger partial charge in [-0.3, -0.25) is 0 Å². The summed E-state index contributed by atoms with van der Waals surface area (Å²) in [6.45, 7) is 0.717. The van der Waals surface area contributed by atoms with Gasteiger partial charge in [-0.2, -0.15) is 0 Å². The van der Waals surface area contributed by atoms with E-state index in [-0.39, 0.29) is 5.82 Å². The number of nitrogens with two attached hydrogens (primary N) is 1. The highest BCUT2D eigenvalue weighted by molar-refractivity contribution is 9.10. The van der Waals surface area contributed by atoms with Crippen LogP contribution in [0, 0.1) is 5.82 Å². The normalized spacial score (nSPS) is 10.3. The van der Waals surface area contributed by atoms with Gasteiger partial charge in [0.25, 0.3) is 0 Å². The Kier molecular flexibility index (Phi) is 4.84. The van der Waals surface area contributed by atoms with Crippen LogP contribution in [0.5, 0.6) is 5.75 Å². The van der Waals surface area contributed by atoms with Gasteiger partial charge in [0.2, 0.25) is 0 Å². The molecule has 3 N–H and O–H groups in total. The average molecular weight is 339 g/mol. The van der Waals surface area contributed by atoms with E-state index in [1.807, 2.05) is 18.2 Å². The number of nitrogen functional groups attached to an aromatic ring is 1. The first-order valence-corrected chi connectivity index (χ1v) is 7.01. The molecule has 0 aliphatic heterocycles. The molecule has 0 spiro atoms. The first-order chi connectivity index (χ1) is 9.60. The van der Waals surface area contributed by atoms with Crippen LogP contribution in [0.3, 0.4) is 0 Å². The van der Waals surface area contributed by atoms with Gasteiger partial charge in [0.05, 0.1) is 23.0 Å². The van der Waals surface area contributed by atoms with Crippen LogP contribution in [0.4, 0.5) is 15.8 Å². The lowest BCUT2D eigenvalue weighted by Crippen LogP contribution is -2.07. The lowest BCUT2D eigenvalue weighted by molar-refractivity contribution is 0.412. The molecule has 0 amide bonds. The van der Waals surface area contributed by atoms with Gasteiger partial charge in [0.15, 0.2) is 0 Å². The Labute approximate surface area is 126 Å². The highest BCUT2D eigenvalue weighted by Crippen LogP contribution is 2.26. The highest BCUT2D eigenvalue weighted by atomic mass is 79.9. The Hall–Kier alpha value is -1.75. The number of methoxy groups -OCH3 is 1. The zero-order chi connectivity index (χ0) is 14.5. The number of nitrogens with one attached hydrogen (secondary N) is 1. The number of ether oxygens (including phenoxy) is 1. The van der Waals surface area contributed by atoms with Crippen molar-refractivity contribution in [3.05, 3.63) is 52.3 Å². The molecule has 106 valence electrons. The van der Waals surface area contributed by atoms with Crippen LogP contribution in [0.1, 0.15) is 5.56 Å². The van der Waals surface area contributed by atoms with E-state index in [4.69, 9.17) is 10.5 Å². The number of anilines is 2. The summed E-state index contributed by atoms with van der Waals surface area (Å²) in [5, 5.41) is 3.20. The van der Waals surface area contributed by atoms with Gasteiger partial charge in [-0.1, -0.05) is 6.07 Å². The maximum absolute atomic E-state index is 12.9. The van der Waals surface area contributed by atoms with Gasteiger partial charge < -0.3 is 15.8 Å². The third-order valence-corrected chi connectivity index (χ3v) is 3.58. The van der Waals surface area contributed by atoms with Gasteiger partial charge in [0.1, 0.15) is 11.6 Å². The molecule has 0 aliphatic carbocycles. The number of hydrogen-bond acceptors (Lipinski definition) is 3. The molecule has 2 aromatic rings. The second kappa shape index (κ2) is 6.61. The van der Waals surface area contributed by atoms with Gasteiger partial charge in [-0.25, -0.2) is 4.39 Å². The number of halogens is 2. The summed E-state index contributed by atoms with van der Waals surface area (Å²) < 4.78 is 19.0. The monoisotopic (exact) mass is 338 g/mol. The van der Waals surface area contributed by atoms with Crippen molar-refractivity contribution < 1.29 is 9.13 Å². The van der Waals surface area contributed by atoms with Crippen molar-refractivity contribution in [2.75, 3.05) is 24.7 Å². The Morgan fingerprint density at radius 3 is 2.70 bits per heavy atom. The van der Waals surface area contributed by atoms with Crippen LogP contribution in [-0.4, -0.2) is 13.7 Å². The first-order valence-electron chi connectivity index (χ1n) is 6.21. The summed E-state index contributed by atoms with van der Waals surface area (Å²) >= 11 is 3.46. The fourth-order valence-electron chi connectivity index (χ4n) is 1.90. The van der Waals surface area contributed by atoms with Gasteiger partial charge >= 0.3 is 0 Å². The summed E-state index contributed by atoms with van der Waals surface area (Å²) in [5.41, 5.74) is 8.07. The molecule has 0 heterocycles. The second-order valence-corrected chi connectivity index (χ2v) is 5.23. The highest BCUT2D eigenvalue weighted by Gasteiger charge is 2.03. The predicted molar refractivity (Wildman–Crippen MR) is 83.7 cm³/mol. The van der Waals surface area contributed by atoms with E-state index < -0.39 is 0 Å². The van der Waals surface area contributed by atoms with Crippen molar-refractivity contribution in [1.82, 2.24) is 0 Å². The molecule has 0 saturated heterocycles. The lowest BCUT2D eigenvalue weighted by atomic mass is 10.1. The summed E-state index contributed by atoms with van der Waals surface area (Å²) in [6.07, 6.45) is 0.833. The average Bonchev–Trinajstić information content (AvgIpc) is 2.41. The summed E-state index contributed by atoms with van der Waals surface area (Å²) in [5.74, 6) is 0.483. The fourth-order valence-corrected chi connectivity index (χ4v) is 2.49. The molecule has 0 radical (unpaired) electrons. The molecular formula is C15H16BrFN2O.